The maximum atomic E-state index is 12.2. The number of amides is 3. The Labute approximate surface area is 183 Å². The molecule has 0 bridgehead atoms. The van der Waals surface area contributed by atoms with Crippen molar-refractivity contribution in [3.8, 4) is 0 Å². The summed E-state index contributed by atoms with van der Waals surface area (Å²) in [5.41, 5.74) is 8.43. The zero-order valence-corrected chi connectivity index (χ0v) is 17.9. The molecule has 0 heterocycles. The average Bonchev–Trinajstić information content (AvgIpc) is 2.76. The highest BCUT2D eigenvalue weighted by Gasteiger charge is 2.19. The number of hydrogen-bond acceptors (Lipinski definition) is 4. The molecule has 31 heavy (non-hydrogen) atoms. The molecule has 7 nitrogen and oxygen atoms in total. The number of nitrogens with one attached hydrogen (secondary N) is 2. The van der Waals surface area contributed by atoms with Crippen LogP contribution in [0.1, 0.15) is 42.4 Å². The van der Waals surface area contributed by atoms with Crippen LogP contribution >= 0.6 is 0 Å². The van der Waals surface area contributed by atoms with Gasteiger partial charge in [-0.05, 0) is 36.5 Å². The summed E-state index contributed by atoms with van der Waals surface area (Å²) in [7, 11) is 0. The van der Waals surface area contributed by atoms with Crippen LogP contribution in [0.2, 0.25) is 0 Å². The number of nitrogens with two attached hydrogens (primary N) is 1. The lowest BCUT2D eigenvalue weighted by atomic mass is 10.0. The van der Waals surface area contributed by atoms with Crippen molar-refractivity contribution in [3.05, 3.63) is 71.3 Å². The molecule has 0 aliphatic carbocycles. The Kier molecular flexibility index (Phi) is 10.1. The smallest absolute Gasteiger partial charge is 0.407 e. The molecule has 7 heteroatoms. The summed E-state index contributed by atoms with van der Waals surface area (Å²) in [6, 6.07) is 16.4. The van der Waals surface area contributed by atoms with Crippen LogP contribution in [0, 0.1) is 6.92 Å². The Bertz CT molecular complexity index is 855. The van der Waals surface area contributed by atoms with Crippen LogP contribution in [0.3, 0.4) is 0 Å². The summed E-state index contributed by atoms with van der Waals surface area (Å²) in [5.74, 6) is -0.748. The molecule has 0 aliphatic rings. The zero-order chi connectivity index (χ0) is 22.5. The van der Waals surface area contributed by atoms with Gasteiger partial charge in [-0.3, -0.25) is 9.59 Å². The molecule has 2 aromatic carbocycles. The van der Waals surface area contributed by atoms with Gasteiger partial charge >= 0.3 is 6.09 Å². The Balaban J connectivity index is 1.58. The minimum Gasteiger partial charge on any atom is -0.445 e. The second-order valence-electron chi connectivity index (χ2n) is 7.45. The van der Waals surface area contributed by atoms with E-state index in [2.05, 4.69) is 10.6 Å². The Hall–Kier alpha value is -3.35. The lowest BCUT2D eigenvalue weighted by molar-refractivity contribution is -0.127. The van der Waals surface area contributed by atoms with Crippen molar-refractivity contribution in [3.63, 3.8) is 0 Å². The fraction of sp³-hybridized carbons (Fsp3) is 0.375. The molecule has 0 radical (unpaired) electrons. The van der Waals surface area contributed by atoms with Crippen LogP contribution in [0.15, 0.2) is 54.6 Å². The molecule has 1 atom stereocenters. The van der Waals surface area contributed by atoms with E-state index in [1.165, 1.54) is 0 Å². The molecule has 2 aromatic rings. The lowest BCUT2D eigenvalue weighted by Gasteiger charge is -2.17. The summed E-state index contributed by atoms with van der Waals surface area (Å²) >= 11 is 0. The van der Waals surface area contributed by atoms with Gasteiger partial charge in [0.1, 0.15) is 12.6 Å². The van der Waals surface area contributed by atoms with Crippen LogP contribution in [0.5, 0.6) is 0 Å². The third-order valence-corrected chi connectivity index (χ3v) is 4.93. The molecule has 2 rings (SSSR count). The molecular formula is C24H31N3O4. The first kappa shape index (κ1) is 23.9. The van der Waals surface area contributed by atoms with Gasteiger partial charge < -0.3 is 21.1 Å². The largest absolute Gasteiger partial charge is 0.445 e. The maximum absolute atomic E-state index is 12.2. The summed E-state index contributed by atoms with van der Waals surface area (Å²) in [4.78, 5) is 35.6. The monoisotopic (exact) mass is 425 g/mol. The van der Waals surface area contributed by atoms with Crippen LogP contribution < -0.4 is 16.4 Å². The molecule has 4 N–H and O–H groups in total. The predicted molar refractivity (Wildman–Crippen MR) is 119 cm³/mol. The molecule has 0 saturated carbocycles. The van der Waals surface area contributed by atoms with Crippen molar-refractivity contribution < 1.29 is 19.1 Å². The summed E-state index contributed by atoms with van der Waals surface area (Å²) in [6.45, 7) is 2.67. The SMILES string of the molecule is Cc1ccccc1C[C@H](NC(=O)CCCCCNC(=O)OCc1ccccc1)C(N)=O. The first-order chi connectivity index (χ1) is 15.0. The van der Waals surface area contributed by atoms with E-state index in [4.69, 9.17) is 10.5 Å². The van der Waals surface area contributed by atoms with Crippen molar-refractivity contribution in [1.29, 1.82) is 0 Å². The number of primary amides is 1. The van der Waals surface area contributed by atoms with E-state index in [0.717, 1.165) is 29.5 Å². The second-order valence-corrected chi connectivity index (χ2v) is 7.45. The maximum Gasteiger partial charge on any atom is 0.407 e. The van der Waals surface area contributed by atoms with Crippen LogP contribution in [0.4, 0.5) is 4.79 Å². The number of hydrogen-bond donors (Lipinski definition) is 3. The van der Waals surface area contributed by atoms with E-state index < -0.39 is 18.0 Å². The summed E-state index contributed by atoms with van der Waals surface area (Å²) in [6.07, 6.45) is 2.38. The van der Waals surface area contributed by atoms with E-state index >= 15 is 0 Å². The van der Waals surface area contributed by atoms with Gasteiger partial charge in [0.2, 0.25) is 11.8 Å². The van der Waals surface area contributed by atoms with Crippen molar-refractivity contribution in [1.82, 2.24) is 10.6 Å². The van der Waals surface area contributed by atoms with Gasteiger partial charge in [-0.2, -0.15) is 0 Å². The number of benzene rings is 2. The molecule has 0 saturated heterocycles. The van der Waals surface area contributed by atoms with Crippen molar-refractivity contribution in [2.45, 2.75) is 51.7 Å². The molecule has 0 unspecified atom stereocenters. The Morgan fingerprint density at radius 2 is 1.68 bits per heavy atom. The highest BCUT2D eigenvalue weighted by atomic mass is 16.5. The predicted octanol–water partition coefficient (Wildman–Crippen LogP) is 2.99. The van der Waals surface area contributed by atoms with Crippen LogP contribution in [-0.4, -0.2) is 30.5 Å². The van der Waals surface area contributed by atoms with Gasteiger partial charge in [0.05, 0.1) is 0 Å². The van der Waals surface area contributed by atoms with Gasteiger partial charge in [0.25, 0.3) is 0 Å². The zero-order valence-electron chi connectivity index (χ0n) is 17.9. The van der Waals surface area contributed by atoms with Gasteiger partial charge in [-0.25, -0.2) is 4.79 Å². The number of unbranched alkanes of at least 4 members (excludes halogenated alkanes) is 2. The highest BCUT2D eigenvalue weighted by molar-refractivity contribution is 5.86. The van der Waals surface area contributed by atoms with Crippen molar-refractivity contribution in [2.75, 3.05) is 6.54 Å². The molecule has 0 aromatic heterocycles. The first-order valence-electron chi connectivity index (χ1n) is 10.5. The van der Waals surface area contributed by atoms with E-state index in [0.29, 0.717) is 25.8 Å². The standard InChI is InChI=1S/C24H31N3O4/c1-18-10-7-8-13-20(18)16-21(23(25)29)27-22(28)14-6-3-9-15-26-24(30)31-17-19-11-4-2-5-12-19/h2,4-5,7-8,10-13,21H,3,6,9,14-17H2,1H3,(H2,25,29)(H,26,30)(H,27,28)/t21-/m0/s1. The molecular weight excluding hydrogens is 394 g/mol. The Morgan fingerprint density at radius 3 is 2.39 bits per heavy atom. The van der Waals surface area contributed by atoms with Gasteiger partial charge in [-0.1, -0.05) is 61.0 Å². The van der Waals surface area contributed by atoms with Gasteiger partial charge in [0, 0.05) is 19.4 Å². The van der Waals surface area contributed by atoms with Crippen molar-refractivity contribution in [2.24, 2.45) is 5.73 Å². The number of alkyl carbamates (subject to hydrolysis) is 1. The molecule has 3 amide bonds. The fourth-order valence-corrected chi connectivity index (χ4v) is 3.10. The second kappa shape index (κ2) is 13.1. The number of aryl methyl sites for hydroxylation is 1. The minimum absolute atomic E-state index is 0.201. The third kappa shape index (κ3) is 9.33. The van der Waals surface area contributed by atoms with Gasteiger partial charge in [0.15, 0.2) is 0 Å². The molecule has 166 valence electrons. The van der Waals surface area contributed by atoms with Crippen LogP contribution in [0.25, 0.3) is 0 Å². The van der Waals surface area contributed by atoms with E-state index in [-0.39, 0.29) is 12.5 Å². The number of carbonyl (C=O) groups is 3. The average molecular weight is 426 g/mol. The topological polar surface area (TPSA) is 111 Å². The number of rotatable bonds is 12. The molecule has 0 fully saturated rings. The van der Waals surface area contributed by atoms with E-state index in [1.807, 2.05) is 61.5 Å². The molecule has 0 aliphatic heterocycles. The lowest BCUT2D eigenvalue weighted by Crippen LogP contribution is -2.45. The van der Waals surface area contributed by atoms with Crippen molar-refractivity contribution >= 4 is 17.9 Å². The Morgan fingerprint density at radius 1 is 0.968 bits per heavy atom. The fourth-order valence-electron chi connectivity index (χ4n) is 3.10. The molecule has 0 spiro atoms. The van der Waals surface area contributed by atoms with E-state index in [1.54, 1.807) is 0 Å². The number of ether oxygens (including phenoxy) is 1. The highest BCUT2D eigenvalue weighted by Crippen LogP contribution is 2.10. The number of carbonyl (C=O) groups excluding carboxylic acids is 3. The summed E-state index contributed by atoms with van der Waals surface area (Å²) in [5, 5.41) is 5.43. The third-order valence-electron chi connectivity index (χ3n) is 4.93. The first-order valence-corrected chi connectivity index (χ1v) is 10.5. The van der Waals surface area contributed by atoms with Gasteiger partial charge in [-0.15, -0.1) is 0 Å². The normalized spacial score (nSPS) is 11.4. The quantitative estimate of drug-likeness (QED) is 0.454. The van der Waals surface area contributed by atoms with Crippen LogP contribution in [-0.2, 0) is 27.4 Å². The summed E-state index contributed by atoms with van der Waals surface area (Å²) < 4.78 is 5.14. The minimum atomic E-state index is -0.727. The van der Waals surface area contributed by atoms with E-state index in [9.17, 15) is 14.4 Å².